The van der Waals surface area contributed by atoms with Crippen LogP contribution < -0.4 is 5.43 Å². The fourth-order valence-electron chi connectivity index (χ4n) is 1.33. The lowest BCUT2D eigenvalue weighted by molar-refractivity contribution is 0.152. The highest BCUT2D eigenvalue weighted by Crippen LogP contribution is 2.04. The number of carbonyl (C=O) groups is 1. The minimum absolute atomic E-state index is 0.323. The van der Waals surface area contributed by atoms with Crippen molar-refractivity contribution in [1.82, 2.24) is 15.4 Å². The number of ether oxygens (including phenoxy) is 1. The van der Waals surface area contributed by atoms with Crippen LogP contribution in [0.15, 0.2) is 5.10 Å². The molecule has 0 fully saturated rings. The molecular formula is C11H18N4O2. The smallest absolute Gasteiger partial charge is 0.427 e. The quantitative estimate of drug-likeness (QED) is 0.606. The molecule has 2 N–H and O–H groups in total. The van der Waals surface area contributed by atoms with Gasteiger partial charge in [0.25, 0.3) is 0 Å². The average Bonchev–Trinajstić information content (AvgIpc) is 2.60. The van der Waals surface area contributed by atoms with Gasteiger partial charge in [0, 0.05) is 12.1 Å². The van der Waals surface area contributed by atoms with Crippen molar-refractivity contribution in [1.29, 1.82) is 0 Å². The second-order valence-corrected chi connectivity index (χ2v) is 3.53. The van der Waals surface area contributed by atoms with Crippen molar-refractivity contribution in [2.45, 2.75) is 33.6 Å². The zero-order valence-corrected chi connectivity index (χ0v) is 10.4. The van der Waals surface area contributed by atoms with E-state index < -0.39 is 6.09 Å². The number of H-pyrrole nitrogens is 1. The predicted molar refractivity (Wildman–Crippen MR) is 65.1 cm³/mol. The second kappa shape index (κ2) is 6.67. The van der Waals surface area contributed by atoms with Gasteiger partial charge in [0.1, 0.15) is 11.5 Å². The summed E-state index contributed by atoms with van der Waals surface area (Å²) in [5, 5.41) is 3.76. The summed E-state index contributed by atoms with van der Waals surface area (Å²) < 4.78 is 4.66. The number of aromatic amines is 1. The molecule has 1 aromatic rings. The Morgan fingerprint density at radius 3 is 3.00 bits per heavy atom. The van der Waals surface area contributed by atoms with E-state index in [0.29, 0.717) is 6.61 Å². The van der Waals surface area contributed by atoms with Gasteiger partial charge in [0.2, 0.25) is 0 Å². The van der Waals surface area contributed by atoms with Gasteiger partial charge in [-0.15, -0.1) is 0 Å². The number of hydrogen-bond donors (Lipinski definition) is 2. The molecule has 0 aliphatic heterocycles. The first-order valence-corrected chi connectivity index (χ1v) is 5.68. The maximum atomic E-state index is 11.0. The van der Waals surface area contributed by atoms with Crippen LogP contribution in [0.2, 0.25) is 0 Å². The fraction of sp³-hybridized carbons (Fsp3) is 0.545. The topological polar surface area (TPSA) is 79.4 Å². The molecule has 6 heteroatoms. The van der Waals surface area contributed by atoms with E-state index in [2.05, 4.69) is 32.2 Å². The van der Waals surface area contributed by atoms with E-state index in [-0.39, 0.29) is 0 Å². The molecule has 94 valence electrons. The van der Waals surface area contributed by atoms with Gasteiger partial charge in [0.05, 0.1) is 12.8 Å². The molecule has 0 bridgehead atoms. The Bertz CT molecular complexity index is 398. The third-order valence-electron chi connectivity index (χ3n) is 2.08. The van der Waals surface area contributed by atoms with Crippen molar-refractivity contribution in [3.8, 4) is 0 Å². The van der Waals surface area contributed by atoms with Crippen LogP contribution in [-0.4, -0.2) is 28.9 Å². The van der Waals surface area contributed by atoms with Crippen molar-refractivity contribution in [3.63, 3.8) is 0 Å². The molecule has 0 unspecified atom stereocenters. The summed E-state index contributed by atoms with van der Waals surface area (Å²) in [5.41, 5.74) is 3.92. The maximum absolute atomic E-state index is 11.0. The molecule has 1 amide bonds. The highest BCUT2D eigenvalue weighted by molar-refractivity contribution is 5.79. The Labute approximate surface area is 100 Å². The van der Waals surface area contributed by atoms with Gasteiger partial charge in [-0.2, -0.15) is 5.10 Å². The van der Waals surface area contributed by atoms with E-state index >= 15 is 0 Å². The van der Waals surface area contributed by atoms with Crippen molar-refractivity contribution in [2.75, 3.05) is 6.61 Å². The molecule has 0 aromatic carbocycles. The zero-order chi connectivity index (χ0) is 12.7. The van der Waals surface area contributed by atoms with Gasteiger partial charge in [-0.3, -0.25) is 0 Å². The number of rotatable bonds is 5. The minimum atomic E-state index is -0.564. The lowest BCUT2D eigenvalue weighted by Crippen LogP contribution is -2.18. The zero-order valence-electron chi connectivity index (χ0n) is 10.4. The number of aryl methyl sites for hydroxylation is 2. The van der Waals surface area contributed by atoms with Gasteiger partial charge < -0.3 is 9.72 Å². The molecule has 0 spiro atoms. The third kappa shape index (κ3) is 4.26. The molecule has 6 nitrogen and oxygen atoms in total. The molecule has 17 heavy (non-hydrogen) atoms. The van der Waals surface area contributed by atoms with Gasteiger partial charge in [-0.1, -0.05) is 6.92 Å². The van der Waals surface area contributed by atoms with Crippen LogP contribution in [0.4, 0.5) is 4.79 Å². The molecule has 0 saturated carbocycles. The number of nitrogens with one attached hydrogen (secondary N) is 2. The van der Waals surface area contributed by atoms with Gasteiger partial charge in [-0.05, 0) is 20.3 Å². The standard InChI is InChI=1S/C11H18N4O2/c1-4-6-10-13-8(3)9(14-10)7-12-15-11(16)17-5-2/h7H,4-6H2,1-3H3,(H,13,14)(H,15,16)/b12-7+. The summed E-state index contributed by atoms with van der Waals surface area (Å²) in [4.78, 5) is 18.5. The molecule has 0 saturated heterocycles. The first kappa shape index (κ1) is 13.2. The Balaban J connectivity index is 2.55. The maximum Gasteiger partial charge on any atom is 0.427 e. The molecule has 1 aromatic heterocycles. The average molecular weight is 238 g/mol. The van der Waals surface area contributed by atoms with Crippen molar-refractivity contribution in [2.24, 2.45) is 5.10 Å². The van der Waals surface area contributed by atoms with E-state index in [1.165, 1.54) is 6.21 Å². The molecule has 1 rings (SSSR count). The lowest BCUT2D eigenvalue weighted by Gasteiger charge is -1.97. The second-order valence-electron chi connectivity index (χ2n) is 3.53. The van der Waals surface area contributed by atoms with Gasteiger partial charge >= 0.3 is 6.09 Å². The SMILES string of the molecule is CCCc1nc(/C=N/NC(=O)OCC)c(C)[nH]1. The third-order valence-corrected chi connectivity index (χ3v) is 2.08. The fourth-order valence-corrected chi connectivity index (χ4v) is 1.33. The minimum Gasteiger partial charge on any atom is -0.449 e. The van der Waals surface area contributed by atoms with E-state index in [4.69, 9.17) is 0 Å². The Kier molecular flexibility index (Phi) is 5.19. The van der Waals surface area contributed by atoms with E-state index in [1.807, 2.05) is 6.92 Å². The summed E-state index contributed by atoms with van der Waals surface area (Å²) in [7, 11) is 0. The highest BCUT2D eigenvalue weighted by Gasteiger charge is 2.03. The largest absolute Gasteiger partial charge is 0.449 e. The van der Waals surface area contributed by atoms with Crippen molar-refractivity contribution < 1.29 is 9.53 Å². The van der Waals surface area contributed by atoms with Crippen LogP contribution in [0.5, 0.6) is 0 Å². The number of aromatic nitrogens is 2. The molecular weight excluding hydrogens is 220 g/mol. The van der Waals surface area contributed by atoms with Crippen molar-refractivity contribution in [3.05, 3.63) is 17.2 Å². The number of amides is 1. The Morgan fingerprint density at radius 2 is 2.35 bits per heavy atom. The van der Waals surface area contributed by atoms with Crippen LogP contribution in [-0.2, 0) is 11.2 Å². The molecule has 0 aliphatic carbocycles. The number of hydrazone groups is 1. The normalized spacial score (nSPS) is 10.8. The number of hydrogen-bond acceptors (Lipinski definition) is 4. The summed E-state index contributed by atoms with van der Waals surface area (Å²) in [6.45, 7) is 6.06. The lowest BCUT2D eigenvalue weighted by atomic mass is 10.3. The number of carbonyl (C=O) groups excluding carboxylic acids is 1. The first-order chi connectivity index (χ1) is 8.17. The summed E-state index contributed by atoms with van der Waals surface area (Å²) in [6.07, 6.45) is 2.87. The summed E-state index contributed by atoms with van der Waals surface area (Å²) in [5.74, 6) is 0.933. The summed E-state index contributed by atoms with van der Waals surface area (Å²) >= 11 is 0. The van der Waals surface area contributed by atoms with Crippen LogP contribution in [0.3, 0.4) is 0 Å². The molecule has 0 aliphatic rings. The van der Waals surface area contributed by atoms with Crippen molar-refractivity contribution >= 4 is 12.3 Å². The molecule has 0 radical (unpaired) electrons. The highest BCUT2D eigenvalue weighted by atomic mass is 16.5. The number of nitrogens with zero attached hydrogens (tertiary/aromatic N) is 2. The van der Waals surface area contributed by atoms with E-state index in [9.17, 15) is 4.79 Å². The molecule has 1 heterocycles. The Morgan fingerprint density at radius 1 is 1.59 bits per heavy atom. The van der Waals surface area contributed by atoms with Crippen LogP contribution >= 0.6 is 0 Å². The molecule has 0 atom stereocenters. The Hall–Kier alpha value is -1.85. The van der Waals surface area contributed by atoms with Crippen LogP contribution in [0.25, 0.3) is 0 Å². The van der Waals surface area contributed by atoms with E-state index in [0.717, 1.165) is 30.1 Å². The van der Waals surface area contributed by atoms with E-state index in [1.54, 1.807) is 6.92 Å². The van der Waals surface area contributed by atoms with Gasteiger partial charge in [0.15, 0.2) is 0 Å². The monoisotopic (exact) mass is 238 g/mol. The van der Waals surface area contributed by atoms with Crippen LogP contribution in [0.1, 0.15) is 37.5 Å². The van der Waals surface area contributed by atoms with Gasteiger partial charge in [-0.25, -0.2) is 15.2 Å². The number of imidazole rings is 1. The predicted octanol–water partition coefficient (Wildman–Crippen LogP) is 1.75. The first-order valence-electron chi connectivity index (χ1n) is 5.68. The van der Waals surface area contributed by atoms with Crippen LogP contribution in [0, 0.1) is 6.92 Å². The summed E-state index contributed by atoms with van der Waals surface area (Å²) in [6, 6.07) is 0.